The van der Waals surface area contributed by atoms with Gasteiger partial charge in [-0.25, -0.2) is 16.8 Å². The lowest BCUT2D eigenvalue weighted by Crippen LogP contribution is -2.45. The van der Waals surface area contributed by atoms with Gasteiger partial charge >= 0.3 is 0 Å². The quantitative estimate of drug-likeness (QED) is 0.677. The van der Waals surface area contributed by atoms with Gasteiger partial charge < -0.3 is 5.32 Å². The molecule has 3 rings (SSSR count). The maximum absolute atomic E-state index is 12.8. The summed E-state index contributed by atoms with van der Waals surface area (Å²) < 4.78 is 52.7. The molecular formula is C21H27N3O5S2. The largest absolute Gasteiger partial charge is 0.324 e. The van der Waals surface area contributed by atoms with Gasteiger partial charge in [-0.15, -0.1) is 0 Å². The van der Waals surface area contributed by atoms with Crippen LogP contribution in [-0.2, 0) is 24.8 Å². The Bertz CT molecular complexity index is 1110. The molecule has 2 aromatic rings. The lowest BCUT2D eigenvalue weighted by atomic mass is 10.2. The molecule has 168 valence electrons. The van der Waals surface area contributed by atoms with E-state index in [0.717, 1.165) is 29.8 Å². The standard InChI is InChI=1S/C21H27N3O5S2/c1-17(24(30(2,26)27)19-9-5-3-6-10-19)21(25)22-18-11-13-20(14-12-18)31(28,29)23-15-7-4-8-16-23/h3,5-6,9-14,17H,4,7-8,15-16H2,1-2H3,(H,22,25). The smallest absolute Gasteiger partial charge is 0.247 e. The number of nitrogens with one attached hydrogen (secondary N) is 1. The average molecular weight is 466 g/mol. The highest BCUT2D eigenvalue weighted by Gasteiger charge is 2.29. The molecule has 1 amide bonds. The van der Waals surface area contributed by atoms with Gasteiger partial charge in [-0.1, -0.05) is 24.6 Å². The summed E-state index contributed by atoms with van der Waals surface area (Å²) in [5.74, 6) is -0.527. The molecule has 0 aliphatic carbocycles. The van der Waals surface area contributed by atoms with Gasteiger partial charge in [-0.3, -0.25) is 9.10 Å². The SMILES string of the molecule is CC(C(=O)Nc1ccc(S(=O)(=O)N2CCCCC2)cc1)N(c1ccccc1)S(C)(=O)=O. The molecule has 1 aliphatic rings. The van der Waals surface area contributed by atoms with Gasteiger partial charge in [0.1, 0.15) is 6.04 Å². The zero-order valence-corrected chi connectivity index (χ0v) is 19.2. The second kappa shape index (κ2) is 9.37. The van der Waals surface area contributed by atoms with Crippen molar-refractivity contribution in [3.63, 3.8) is 0 Å². The van der Waals surface area contributed by atoms with E-state index in [2.05, 4.69) is 5.32 Å². The fraction of sp³-hybridized carbons (Fsp3) is 0.381. The van der Waals surface area contributed by atoms with Crippen molar-refractivity contribution in [2.45, 2.75) is 37.1 Å². The fourth-order valence-corrected chi connectivity index (χ4v) is 6.29. The van der Waals surface area contributed by atoms with Crippen LogP contribution in [0.25, 0.3) is 0 Å². The minimum atomic E-state index is -3.71. The van der Waals surface area contributed by atoms with Crippen molar-refractivity contribution in [3.8, 4) is 0 Å². The van der Waals surface area contributed by atoms with E-state index in [-0.39, 0.29) is 4.90 Å². The Hall–Kier alpha value is -2.43. The molecular weight excluding hydrogens is 438 g/mol. The Morgan fingerprint density at radius 2 is 1.52 bits per heavy atom. The predicted octanol–water partition coefficient (Wildman–Crippen LogP) is 2.65. The molecule has 1 heterocycles. The summed E-state index contributed by atoms with van der Waals surface area (Å²) in [6.45, 7) is 2.52. The number of amides is 1. The minimum Gasteiger partial charge on any atom is -0.324 e. The lowest BCUT2D eigenvalue weighted by Gasteiger charge is -2.28. The van der Waals surface area contributed by atoms with Crippen molar-refractivity contribution < 1.29 is 21.6 Å². The monoisotopic (exact) mass is 465 g/mol. The molecule has 2 aromatic carbocycles. The molecule has 1 N–H and O–H groups in total. The zero-order chi connectivity index (χ0) is 22.6. The molecule has 0 bridgehead atoms. The lowest BCUT2D eigenvalue weighted by molar-refractivity contribution is -0.116. The molecule has 10 heteroatoms. The van der Waals surface area contributed by atoms with E-state index in [4.69, 9.17) is 0 Å². The summed E-state index contributed by atoms with van der Waals surface area (Å²) in [6, 6.07) is 13.3. The Morgan fingerprint density at radius 3 is 2.06 bits per heavy atom. The van der Waals surface area contributed by atoms with Crippen LogP contribution in [0.5, 0.6) is 0 Å². The second-order valence-electron chi connectivity index (χ2n) is 7.55. The van der Waals surface area contributed by atoms with Gasteiger partial charge in [0.25, 0.3) is 0 Å². The molecule has 1 fully saturated rings. The van der Waals surface area contributed by atoms with Crippen molar-refractivity contribution in [2.24, 2.45) is 0 Å². The maximum Gasteiger partial charge on any atom is 0.247 e. The first-order chi connectivity index (χ1) is 14.6. The molecule has 0 spiro atoms. The van der Waals surface area contributed by atoms with Crippen molar-refractivity contribution in [1.29, 1.82) is 0 Å². The Balaban J connectivity index is 1.75. The molecule has 1 aliphatic heterocycles. The summed E-state index contributed by atoms with van der Waals surface area (Å²) in [5, 5.41) is 2.67. The van der Waals surface area contributed by atoms with Crippen molar-refractivity contribution in [2.75, 3.05) is 29.0 Å². The van der Waals surface area contributed by atoms with Crippen LogP contribution in [-0.4, -0.2) is 52.4 Å². The van der Waals surface area contributed by atoms with Gasteiger partial charge in [-0.05, 0) is 56.2 Å². The first kappa shape index (κ1) is 23.2. The van der Waals surface area contributed by atoms with Crippen LogP contribution in [0.1, 0.15) is 26.2 Å². The van der Waals surface area contributed by atoms with Gasteiger partial charge in [0.15, 0.2) is 0 Å². The number of sulfonamides is 2. The first-order valence-corrected chi connectivity index (χ1v) is 13.3. The number of hydrogen-bond donors (Lipinski definition) is 1. The molecule has 0 saturated carbocycles. The minimum absolute atomic E-state index is 0.169. The van der Waals surface area contributed by atoms with E-state index in [0.29, 0.717) is 24.5 Å². The van der Waals surface area contributed by atoms with Crippen LogP contribution in [0.3, 0.4) is 0 Å². The normalized spacial score (nSPS) is 16.5. The van der Waals surface area contributed by atoms with Gasteiger partial charge in [0.05, 0.1) is 16.8 Å². The molecule has 31 heavy (non-hydrogen) atoms. The fourth-order valence-electron chi connectivity index (χ4n) is 3.59. The van der Waals surface area contributed by atoms with E-state index in [1.165, 1.54) is 35.5 Å². The summed E-state index contributed by atoms with van der Waals surface area (Å²) in [5.41, 5.74) is 0.770. The molecule has 1 atom stereocenters. The van der Waals surface area contributed by atoms with Crippen molar-refractivity contribution >= 4 is 37.3 Å². The third kappa shape index (κ3) is 5.44. The number of nitrogens with zero attached hydrogens (tertiary/aromatic N) is 2. The second-order valence-corrected chi connectivity index (χ2v) is 11.3. The number of para-hydroxylation sites is 1. The average Bonchev–Trinajstić information content (AvgIpc) is 2.74. The van der Waals surface area contributed by atoms with Gasteiger partial charge in [0, 0.05) is 18.8 Å². The van der Waals surface area contributed by atoms with E-state index < -0.39 is 32.0 Å². The van der Waals surface area contributed by atoms with Crippen LogP contribution in [0, 0.1) is 0 Å². The van der Waals surface area contributed by atoms with Crippen molar-refractivity contribution in [1.82, 2.24) is 4.31 Å². The number of anilines is 2. The van der Waals surface area contributed by atoms with E-state index in [1.807, 2.05) is 0 Å². The molecule has 1 saturated heterocycles. The third-order valence-electron chi connectivity index (χ3n) is 5.17. The Labute approximate surface area is 184 Å². The number of benzene rings is 2. The maximum atomic E-state index is 12.8. The third-order valence-corrected chi connectivity index (χ3v) is 8.33. The number of rotatable bonds is 7. The van der Waals surface area contributed by atoms with E-state index in [9.17, 15) is 21.6 Å². The molecule has 0 radical (unpaired) electrons. The van der Waals surface area contributed by atoms with Crippen LogP contribution in [0.4, 0.5) is 11.4 Å². The summed E-state index contributed by atoms with van der Waals surface area (Å²) in [4.78, 5) is 12.9. The summed E-state index contributed by atoms with van der Waals surface area (Å²) >= 11 is 0. The van der Waals surface area contributed by atoms with Crippen LogP contribution in [0.15, 0.2) is 59.5 Å². The highest BCUT2D eigenvalue weighted by Crippen LogP contribution is 2.23. The molecule has 1 unspecified atom stereocenters. The van der Waals surface area contributed by atoms with Crippen LogP contribution in [0.2, 0.25) is 0 Å². The zero-order valence-electron chi connectivity index (χ0n) is 17.6. The molecule has 8 nitrogen and oxygen atoms in total. The van der Waals surface area contributed by atoms with E-state index in [1.54, 1.807) is 30.3 Å². The Morgan fingerprint density at radius 1 is 0.935 bits per heavy atom. The number of carbonyl (C=O) groups is 1. The number of hydrogen-bond acceptors (Lipinski definition) is 5. The number of carbonyl (C=O) groups excluding carboxylic acids is 1. The first-order valence-electron chi connectivity index (χ1n) is 10.1. The highest BCUT2D eigenvalue weighted by molar-refractivity contribution is 7.92. The van der Waals surface area contributed by atoms with Gasteiger partial charge in [-0.2, -0.15) is 4.31 Å². The number of piperidine rings is 1. The summed E-state index contributed by atoms with van der Waals surface area (Å²) in [6.07, 6.45) is 3.78. The van der Waals surface area contributed by atoms with Crippen molar-refractivity contribution in [3.05, 3.63) is 54.6 Å². The van der Waals surface area contributed by atoms with Gasteiger partial charge in [0.2, 0.25) is 26.0 Å². The predicted molar refractivity (Wildman–Crippen MR) is 121 cm³/mol. The van der Waals surface area contributed by atoms with Crippen LogP contribution < -0.4 is 9.62 Å². The summed E-state index contributed by atoms with van der Waals surface area (Å²) in [7, 11) is -7.26. The van der Waals surface area contributed by atoms with Crippen LogP contribution >= 0.6 is 0 Å². The highest BCUT2D eigenvalue weighted by atomic mass is 32.2. The molecule has 0 aromatic heterocycles. The Kier molecular flexibility index (Phi) is 7.03. The van der Waals surface area contributed by atoms with E-state index >= 15 is 0 Å². The topological polar surface area (TPSA) is 104 Å².